The number of hydrogen-bond acceptors (Lipinski definition) is 4. The van der Waals surface area contributed by atoms with Crippen LogP contribution in [0.3, 0.4) is 0 Å². The number of imidazole rings is 2. The molecule has 98 valence electrons. The number of benzene rings is 1. The summed E-state index contributed by atoms with van der Waals surface area (Å²) in [7, 11) is 0. The summed E-state index contributed by atoms with van der Waals surface area (Å²) in [5.74, 6) is 1.63. The van der Waals surface area contributed by atoms with Crippen LogP contribution in [0.4, 0.5) is 11.6 Å². The summed E-state index contributed by atoms with van der Waals surface area (Å²) in [4.78, 5) is 15.1. The molecule has 1 aromatic carbocycles. The van der Waals surface area contributed by atoms with E-state index in [1.807, 2.05) is 24.4 Å². The van der Waals surface area contributed by atoms with Gasteiger partial charge in [0, 0.05) is 18.1 Å². The number of anilines is 2. The first kappa shape index (κ1) is 11.6. The topological polar surface area (TPSA) is 95.4 Å². The third kappa shape index (κ3) is 2.24. The van der Waals surface area contributed by atoms with Gasteiger partial charge in [-0.05, 0) is 24.6 Å². The van der Waals surface area contributed by atoms with Crippen LogP contribution < -0.4 is 11.1 Å². The van der Waals surface area contributed by atoms with E-state index in [0.29, 0.717) is 0 Å². The van der Waals surface area contributed by atoms with Gasteiger partial charge < -0.3 is 21.0 Å². The van der Waals surface area contributed by atoms with Crippen molar-refractivity contribution < 1.29 is 0 Å². The smallest absolute Gasteiger partial charge is 0.201 e. The summed E-state index contributed by atoms with van der Waals surface area (Å²) in [5.41, 5.74) is 8.30. The number of hydrogen-bond donors (Lipinski definition) is 4. The van der Waals surface area contributed by atoms with E-state index in [2.05, 4.69) is 32.2 Å². The van der Waals surface area contributed by atoms with Gasteiger partial charge in [0.25, 0.3) is 0 Å². The van der Waals surface area contributed by atoms with Gasteiger partial charge >= 0.3 is 0 Å². The van der Waals surface area contributed by atoms with E-state index in [-0.39, 0.29) is 6.04 Å². The number of nitrogens with one attached hydrogen (secondary N) is 3. The van der Waals surface area contributed by atoms with Crippen molar-refractivity contribution in [2.75, 3.05) is 11.1 Å². The van der Waals surface area contributed by atoms with Gasteiger partial charge in [-0.25, -0.2) is 9.97 Å². The molecule has 0 fully saturated rings. The lowest BCUT2D eigenvalue weighted by molar-refractivity contribution is 0.698. The van der Waals surface area contributed by atoms with Crippen LogP contribution in [-0.2, 0) is 0 Å². The van der Waals surface area contributed by atoms with Gasteiger partial charge in [-0.3, -0.25) is 0 Å². The first-order valence-corrected chi connectivity index (χ1v) is 6.27. The zero-order valence-electron chi connectivity index (χ0n) is 10.6. The highest BCUT2D eigenvalue weighted by Crippen LogP contribution is 2.21. The van der Waals surface area contributed by atoms with Crippen molar-refractivity contribution in [3.05, 3.63) is 36.4 Å². The lowest BCUT2D eigenvalue weighted by atomic mass is 10.2. The Hall–Kier alpha value is -2.50. The highest BCUT2D eigenvalue weighted by atomic mass is 15.2. The number of rotatable bonds is 4. The molecule has 0 saturated heterocycles. The molecule has 0 bridgehead atoms. The Morgan fingerprint density at radius 2 is 2.32 bits per heavy atom. The molecule has 2 heterocycles. The maximum absolute atomic E-state index is 5.75. The van der Waals surface area contributed by atoms with Crippen LogP contribution in [0.1, 0.15) is 25.2 Å². The molecule has 1 unspecified atom stereocenters. The molecule has 6 heteroatoms. The first-order valence-electron chi connectivity index (χ1n) is 6.27. The molecular formula is C13H16N6. The normalized spacial score (nSPS) is 12.7. The summed E-state index contributed by atoms with van der Waals surface area (Å²) in [6, 6.07) is 5.73. The minimum absolute atomic E-state index is 0.105. The lowest BCUT2D eigenvalue weighted by Gasteiger charge is -2.13. The number of aromatic amines is 2. The van der Waals surface area contributed by atoms with Gasteiger partial charge in [0.05, 0.1) is 17.1 Å². The molecule has 0 saturated carbocycles. The Kier molecular flexibility index (Phi) is 2.83. The van der Waals surface area contributed by atoms with Crippen molar-refractivity contribution >= 4 is 22.7 Å². The zero-order chi connectivity index (χ0) is 13.2. The molecule has 6 nitrogen and oxygen atoms in total. The van der Waals surface area contributed by atoms with Crippen molar-refractivity contribution in [2.24, 2.45) is 0 Å². The second-order valence-corrected chi connectivity index (χ2v) is 4.44. The molecule has 0 spiro atoms. The van der Waals surface area contributed by atoms with Crippen molar-refractivity contribution in [2.45, 2.75) is 19.4 Å². The van der Waals surface area contributed by atoms with E-state index in [1.54, 1.807) is 6.20 Å². The largest absolute Gasteiger partial charge is 0.399 e. The van der Waals surface area contributed by atoms with Gasteiger partial charge in [0.1, 0.15) is 5.82 Å². The van der Waals surface area contributed by atoms with Crippen LogP contribution in [-0.4, -0.2) is 19.9 Å². The average Bonchev–Trinajstić information content (AvgIpc) is 3.04. The minimum atomic E-state index is 0.105. The van der Waals surface area contributed by atoms with E-state index in [0.717, 1.165) is 34.9 Å². The average molecular weight is 256 g/mol. The fraction of sp³-hybridized carbons (Fsp3) is 0.231. The predicted octanol–water partition coefficient (Wildman–Crippen LogP) is 2.43. The standard InChI is InChI=1S/C13H16N6/c1-2-9(12-15-5-6-16-12)17-13-18-10-4-3-8(14)7-11(10)19-13/h3-7,9H,2,14H2,1H3,(H,15,16)(H2,17,18,19). The van der Waals surface area contributed by atoms with E-state index in [9.17, 15) is 0 Å². The molecule has 3 rings (SSSR count). The van der Waals surface area contributed by atoms with Crippen molar-refractivity contribution in [3.63, 3.8) is 0 Å². The second kappa shape index (κ2) is 4.64. The van der Waals surface area contributed by atoms with Gasteiger partial charge in [-0.2, -0.15) is 0 Å². The third-order valence-electron chi connectivity index (χ3n) is 3.07. The number of nitrogens with two attached hydrogens (primary N) is 1. The summed E-state index contributed by atoms with van der Waals surface area (Å²) in [6.45, 7) is 2.10. The van der Waals surface area contributed by atoms with E-state index >= 15 is 0 Å². The van der Waals surface area contributed by atoms with Crippen LogP contribution in [0, 0.1) is 0 Å². The fourth-order valence-corrected chi connectivity index (χ4v) is 2.09. The highest BCUT2D eigenvalue weighted by molar-refractivity contribution is 5.80. The molecule has 2 aromatic heterocycles. The molecular weight excluding hydrogens is 240 g/mol. The molecule has 0 aliphatic rings. The van der Waals surface area contributed by atoms with Gasteiger partial charge in [-0.1, -0.05) is 6.92 Å². The Bertz CT molecular complexity index is 670. The fourth-order valence-electron chi connectivity index (χ4n) is 2.09. The molecule has 0 aliphatic heterocycles. The summed E-state index contributed by atoms with van der Waals surface area (Å²) in [5, 5.41) is 3.34. The Morgan fingerprint density at radius 3 is 3.05 bits per heavy atom. The molecule has 0 aliphatic carbocycles. The predicted molar refractivity (Wildman–Crippen MR) is 75.7 cm³/mol. The van der Waals surface area contributed by atoms with Crippen molar-refractivity contribution in [1.29, 1.82) is 0 Å². The second-order valence-electron chi connectivity index (χ2n) is 4.44. The van der Waals surface area contributed by atoms with Crippen LogP contribution in [0.5, 0.6) is 0 Å². The summed E-state index contributed by atoms with van der Waals surface area (Å²) in [6.07, 6.45) is 4.48. The number of fused-ring (bicyclic) bond motifs is 1. The van der Waals surface area contributed by atoms with Crippen molar-refractivity contribution in [1.82, 2.24) is 19.9 Å². The molecule has 3 aromatic rings. The number of nitrogens with zero attached hydrogens (tertiary/aromatic N) is 2. The maximum Gasteiger partial charge on any atom is 0.201 e. The third-order valence-corrected chi connectivity index (χ3v) is 3.07. The summed E-state index contributed by atoms with van der Waals surface area (Å²) >= 11 is 0. The Labute approximate surface area is 110 Å². The monoisotopic (exact) mass is 256 g/mol. The molecule has 0 radical (unpaired) electrons. The summed E-state index contributed by atoms with van der Waals surface area (Å²) < 4.78 is 0. The quantitative estimate of drug-likeness (QED) is 0.539. The van der Waals surface area contributed by atoms with E-state index in [1.165, 1.54) is 0 Å². The molecule has 0 amide bonds. The maximum atomic E-state index is 5.75. The van der Waals surface area contributed by atoms with E-state index < -0.39 is 0 Å². The van der Waals surface area contributed by atoms with Gasteiger partial charge in [-0.15, -0.1) is 0 Å². The number of aromatic nitrogens is 4. The lowest BCUT2D eigenvalue weighted by Crippen LogP contribution is -2.12. The molecule has 1 atom stereocenters. The van der Waals surface area contributed by atoms with Gasteiger partial charge in [0.2, 0.25) is 5.95 Å². The molecule has 19 heavy (non-hydrogen) atoms. The highest BCUT2D eigenvalue weighted by Gasteiger charge is 2.13. The van der Waals surface area contributed by atoms with Gasteiger partial charge in [0.15, 0.2) is 0 Å². The van der Waals surface area contributed by atoms with Crippen LogP contribution in [0.25, 0.3) is 11.0 Å². The SMILES string of the molecule is CCC(Nc1nc2ccc(N)cc2[nH]1)c1ncc[nH]1. The Morgan fingerprint density at radius 1 is 1.42 bits per heavy atom. The van der Waals surface area contributed by atoms with Crippen LogP contribution in [0.15, 0.2) is 30.6 Å². The number of H-pyrrole nitrogens is 2. The Balaban J connectivity index is 1.88. The first-order chi connectivity index (χ1) is 9.26. The van der Waals surface area contributed by atoms with Crippen molar-refractivity contribution in [3.8, 4) is 0 Å². The zero-order valence-corrected chi connectivity index (χ0v) is 10.6. The minimum Gasteiger partial charge on any atom is -0.399 e. The number of nitrogen functional groups attached to an aromatic ring is 1. The van der Waals surface area contributed by atoms with Crippen LogP contribution >= 0.6 is 0 Å². The van der Waals surface area contributed by atoms with Crippen LogP contribution in [0.2, 0.25) is 0 Å². The van der Waals surface area contributed by atoms with E-state index in [4.69, 9.17) is 5.73 Å². The molecule has 5 N–H and O–H groups in total.